The van der Waals surface area contributed by atoms with E-state index < -0.39 is 0 Å². The standard InChI is InChI=1S/C9H17NO/c1-6(2)9-5-8(11)4-7(3)10-9/h6-7,9-10H,4-5H2,1-3H3. The molecule has 1 aliphatic rings. The maximum atomic E-state index is 11.1. The molecular weight excluding hydrogens is 138 g/mol. The number of nitrogens with one attached hydrogen (secondary N) is 1. The molecule has 2 nitrogen and oxygen atoms in total. The second kappa shape index (κ2) is 3.35. The normalized spacial score (nSPS) is 32.9. The molecule has 0 amide bonds. The predicted molar refractivity (Wildman–Crippen MR) is 45.5 cm³/mol. The van der Waals surface area contributed by atoms with Crippen LogP contribution in [0.4, 0.5) is 0 Å². The first-order chi connectivity index (χ1) is 5.09. The molecule has 1 aliphatic heterocycles. The van der Waals surface area contributed by atoms with Crippen LogP contribution in [0.5, 0.6) is 0 Å². The molecule has 1 rings (SSSR count). The Morgan fingerprint density at radius 1 is 1.45 bits per heavy atom. The van der Waals surface area contributed by atoms with Crippen LogP contribution in [0.3, 0.4) is 0 Å². The third-order valence-corrected chi connectivity index (χ3v) is 2.28. The van der Waals surface area contributed by atoms with Gasteiger partial charge in [0.25, 0.3) is 0 Å². The highest BCUT2D eigenvalue weighted by molar-refractivity contribution is 5.80. The van der Waals surface area contributed by atoms with Gasteiger partial charge in [-0.1, -0.05) is 13.8 Å². The summed E-state index contributed by atoms with van der Waals surface area (Å²) in [6.07, 6.45) is 1.44. The van der Waals surface area contributed by atoms with Crippen LogP contribution in [0.1, 0.15) is 33.6 Å². The molecule has 0 aromatic carbocycles. The van der Waals surface area contributed by atoms with Crippen molar-refractivity contribution in [2.24, 2.45) is 5.92 Å². The average molecular weight is 155 g/mol. The minimum absolute atomic E-state index is 0.378. The first-order valence-corrected chi connectivity index (χ1v) is 4.37. The van der Waals surface area contributed by atoms with Crippen molar-refractivity contribution in [2.45, 2.75) is 45.7 Å². The molecule has 1 fully saturated rings. The van der Waals surface area contributed by atoms with Crippen molar-refractivity contribution in [1.29, 1.82) is 0 Å². The summed E-state index contributed by atoms with van der Waals surface area (Å²) in [4.78, 5) is 11.1. The van der Waals surface area contributed by atoms with Gasteiger partial charge in [0, 0.05) is 24.9 Å². The van der Waals surface area contributed by atoms with E-state index in [1.807, 2.05) is 0 Å². The van der Waals surface area contributed by atoms with Gasteiger partial charge in [-0.3, -0.25) is 4.79 Å². The number of Topliss-reactive ketones (excluding diaryl/α,β-unsaturated/α-hetero) is 1. The number of carbonyl (C=O) groups is 1. The van der Waals surface area contributed by atoms with E-state index in [1.54, 1.807) is 0 Å². The summed E-state index contributed by atoms with van der Waals surface area (Å²) < 4.78 is 0. The Hall–Kier alpha value is -0.370. The molecule has 2 heteroatoms. The highest BCUT2D eigenvalue weighted by Gasteiger charge is 2.25. The van der Waals surface area contributed by atoms with Gasteiger partial charge >= 0.3 is 0 Å². The third-order valence-electron chi connectivity index (χ3n) is 2.28. The second-order valence-corrected chi connectivity index (χ2v) is 3.87. The Balaban J connectivity index is 2.49. The second-order valence-electron chi connectivity index (χ2n) is 3.87. The molecule has 1 saturated heterocycles. The summed E-state index contributed by atoms with van der Waals surface area (Å²) >= 11 is 0. The van der Waals surface area contributed by atoms with E-state index in [-0.39, 0.29) is 0 Å². The van der Waals surface area contributed by atoms with E-state index in [1.165, 1.54) is 0 Å². The molecular formula is C9H17NO. The van der Waals surface area contributed by atoms with Gasteiger partial charge in [-0.25, -0.2) is 0 Å². The van der Waals surface area contributed by atoms with Gasteiger partial charge < -0.3 is 5.32 Å². The number of hydrogen-bond acceptors (Lipinski definition) is 2. The first-order valence-electron chi connectivity index (χ1n) is 4.37. The quantitative estimate of drug-likeness (QED) is 0.619. The monoisotopic (exact) mass is 155 g/mol. The van der Waals surface area contributed by atoms with E-state index in [2.05, 4.69) is 26.1 Å². The molecule has 11 heavy (non-hydrogen) atoms. The molecule has 1 heterocycles. The molecule has 0 saturated carbocycles. The Morgan fingerprint density at radius 2 is 2.09 bits per heavy atom. The van der Waals surface area contributed by atoms with Gasteiger partial charge in [0.1, 0.15) is 5.78 Å². The Labute approximate surface area is 68.4 Å². The van der Waals surface area contributed by atoms with E-state index in [4.69, 9.17) is 0 Å². The van der Waals surface area contributed by atoms with Crippen LogP contribution in [-0.2, 0) is 4.79 Å². The Bertz CT molecular complexity index is 154. The van der Waals surface area contributed by atoms with Gasteiger partial charge in [-0.05, 0) is 12.8 Å². The lowest BCUT2D eigenvalue weighted by atomic mass is 9.91. The van der Waals surface area contributed by atoms with Gasteiger partial charge in [0.15, 0.2) is 0 Å². The average Bonchev–Trinajstić information content (AvgIpc) is 1.85. The molecule has 0 bridgehead atoms. The van der Waals surface area contributed by atoms with E-state index >= 15 is 0 Å². The van der Waals surface area contributed by atoms with E-state index in [9.17, 15) is 4.79 Å². The van der Waals surface area contributed by atoms with Crippen molar-refractivity contribution in [1.82, 2.24) is 5.32 Å². The minimum Gasteiger partial charge on any atom is -0.310 e. The first kappa shape index (κ1) is 8.72. The highest BCUT2D eigenvalue weighted by Crippen LogP contribution is 2.15. The largest absolute Gasteiger partial charge is 0.310 e. The van der Waals surface area contributed by atoms with Crippen molar-refractivity contribution in [3.05, 3.63) is 0 Å². The Kier molecular flexibility index (Phi) is 2.66. The van der Waals surface area contributed by atoms with Gasteiger partial charge in [0.05, 0.1) is 0 Å². The number of hydrogen-bond donors (Lipinski definition) is 1. The Morgan fingerprint density at radius 3 is 2.55 bits per heavy atom. The summed E-state index contributed by atoms with van der Waals surface area (Å²) in [5, 5.41) is 3.43. The lowest BCUT2D eigenvalue weighted by molar-refractivity contribution is -0.121. The van der Waals surface area contributed by atoms with Crippen LogP contribution in [0.25, 0.3) is 0 Å². The number of ketones is 1. The molecule has 0 radical (unpaired) electrons. The zero-order chi connectivity index (χ0) is 8.43. The van der Waals surface area contributed by atoms with Crippen LogP contribution in [0, 0.1) is 5.92 Å². The van der Waals surface area contributed by atoms with Crippen molar-refractivity contribution in [3.63, 3.8) is 0 Å². The van der Waals surface area contributed by atoms with Gasteiger partial charge in [-0.2, -0.15) is 0 Å². The van der Waals surface area contributed by atoms with Crippen LogP contribution < -0.4 is 5.32 Å². The SMILES string of the molecule is CC1CC(=O)CC(C(C)C)N1. The maximum Gasteiger partial charge on any atom is 0.136 e. The van der Waals surface area contributed by atoms with Crippen molar-refractivity contribution < 1.29 is 4.79 Å². The molecule has 2 unspecified atom stereocenters. The summed E-state index contributed by atoms with van der Waals surface area (Å²) in [5.41, 5.74) is 0. The molecule has 0 aromatic heterocycles. The number of rotatable bonds is 1. The predicted octanol–water partition coefficient (Wildman–Crippen LogP) is 1.35. The lowest BCUT2D eigenvalue weighted by Crippen LogP contribution is -2.46. The molecule has 2 atom stereocenters. The molecule has 64 valence electrons. The fourth-order valence-corrected chi connectivity index (χ4v) is 1.58. The highest BCUT2D eigenvalue weighted by atomic mass is 16.1. The van der Waals surface area contributed by atoms with Crippen LogP contribution in [0.2, 0.25) is 0 Å². The van der Waals surface area contributed by atoms with E-state index in [0.717, 1.165) is 6.42 Å². The summed E-state index contributed by atoms with van der Waals surface area (Å²) in [7, 11) is 0. The summed E-state index contributed by atoms with van der Waals surface area (Å²) in [6.45, 7) is 6.39. The summed E-state index contributed by atoms with van der Waals surface area (Å²) in [5.74, 6) is 0.983. The van der Waals surface area contributed by atoms with Gasteiger partial charge in [0.2, 0.25) is 0 Å². The van der Waals surface area contributed by atoms with Crippen molar-refractivity contribution in [2.75, 3.05) is 0 Å². The molecule has 0 aromatic rings. The molecule has 1 N–H and O–H groups in total. The third kappa shape index (κ3) is 2.29. The minimum atomic E-state index is 0.378. The zero-order valence-electron chi connectivity index (χ0n) is 7.55. The molecule has 0 aliphatic carbocycles. The lowest BCUT2D eigenvalue weighted by Gasteiger charge is -2.30. The maximum absolute atomic E-state index is 11.1. The van der Waals surface area contributed by atoms with Crippen LogP contribution in [-0.4, -0.2) is 17.9 Å². The number of carbonyl (C=O) groups excluding carboxylic acids is 1. The molecule has 0 spiro atoms. The van der Waals surface area contributed by atoms with Crippen molar-refractivity contribution >= 4 is 5.78 Å². The van der Waals surface area contributed by atoms with E-state index in [0.29, 0.717) is 30.2 Å². The van der Waals surface area contributed by atoms with Crippen LogP contribution >= 0.6 is 0 Å². The van der Waals surface area contributed by atoms with Gasteiger partial charge in [-0.15, -0.1) is 0 Å². The fraction of sp³-hybridized carbons (Fsp3) is 0.889. The number of piperidine rings is 1. The zero-order valence-corrected chi connectivity index (χ0v) is 7.55. The summed E-state index contributed by atoms with van der Waals surface area (Å²) in [6, 6.07) is 0.787. The topological polar surface area (TPSA) is 29.1 Å². The fourth-order valence-electron chi connectivity index (χ4n) is 1.58. The van der Waals surface area contributed by atoms with Crippen molar-refractivity contribution in [3.8, 4) is 0 Å². The van der Waals surface area contributed by atoms with Crippen LogP contribution in [0.15, 0.2) is 0 Å². The smallest absolute Gasteiger partial charge is 0.136 e.